The summed E-state index contributed by atoms with van der Waals surface area (Å²) < 4.78 is 13.9. The Morgan fingerprint density at radius 2 is 1.74 bits per heavy atom. The van der Waals surface area contributed by atoms with Crippen LogP contribution >= 0.6 is 11.6 Å². The average Bonchev–Trinajstić information content (AvgIpc) is 3.23. The fourth-order valence-corrected chi connectivity index (χ4v) is 4.12. The average molecular weight is 476 g/mol. The van der Waals surface area contributed by atoms with Gasteiger partial charge in [0.1, 0.15) is 11.3 Å². The zero-order chi connectivity index (χ0) is 23.7. The van der Waals surface area contributed by atoms with Gasteiger partial charge in [-0.2, -0.15) is 5.10 Å². The van der Waals surface area contributed by atoms with Crippen LogP contribution in [0.15, 0.2) is 65.6 Å². The first kappa shape index (κ1) is 22.1. The number of halogens is 1. The van der Waals surface area contributed by atoms with Gasteiger partial charge in [-0.15, -0.1) is 10.2 Å². The lowest BCUT2D eigenvalue weighted by atomic mass is 10.1. The van der Waals surface area contributed by atoms with Crippen LogP contribution in [-0.2, 0) is 24.3 Å². The highest BCUT2D eigenvalue weighted by Crippen LogP contribution is 2.30. The highest BCUT2D eigenvalue weighted by atomic mass is 35.5. The Bertz CT molecular complexity index is 1530. The molecule has 0 N–H and O–H groups in total. The van der Waals surface area contributed by atoms with E-state index in [2.05, 4.69) is 10.2 Å². The number of hydrogen-bond donors (Lipinski definition) is 0. The van der Waals surface area contributed by atoms with E-state index in [-0.39, 0.29) is 11.1 Å². The molecule has 2 aromatic carbocycles. The Kier molecular flexibility index (Phi) is 6.00. The van der Waals surface area contributed by atoms with Crippen LogP contribution in [0.2, 0.25) is 5.02 Å². The molecule has 0 radical (unpaired) electrons. The summed E-state index contributed by atoms with van der Waals surface area (Å²) in [6.07, 6.45) is 2.47. The Labute approximate surface area is 200 Å². The number of ether oxygens (including phenoxy) is 2. The highest BCUT2D eigenvalue weighted by molar-refractivity contribution is 6.30. The summed E-state index contributed by atoms with van der Waals surface area (Å²) in [4.78, 5) is 13.2. The Morgan fingerprint density at radius 3 is 2.44 bits per heavy atom. The second-order valence-corrected chi connectivity index (χ2v) is 8.28. The molecule has 0 atom stereocenters. The minimum atomic E-state index is -0.211. The maximum Gasteiger partial charge on any atom is 0.280 e. The molecule has 0 fully saturated rings. The van der Waals surface area contributed by atoms with Gasteiger partial charge in [0.15, 0.2) is 11.2 Å². The molecule has 5 aromatic rings. The summed E-state index contributed by atoms with van der Waals surface area (Å²) in [7, 11) is 3.25. The molecule has 3 aromatic heterocycles. The standard InChI is InChI=1S/C25H22ClN5O3/c1-33-15-20-22(17-5-7-18(26)8-6-17)24-28-27-23-21(31(24)29-20)12-14-30(25(23)32)13-11-16-3-9-19(34-2)10-4-16/h3-10,12,14H,11,13,15H2,1-2H3. The van der Waals surface area contributed by atoms with Crippen LogP contribution < -0.4 is 10.3 Å². The quantitative estimate of drug-likeness (QED) is 0.351. The van der Waals surface area contributed by atoms with Crippen molar-refractivity contribution in [3.05, 3.63) is 87.4 Å². The topological polar surface area (TPSA) is 83.5 Å². The SMILES string of the molecule is COCc1nn2c(nnc3c(=O)n(CCc4ccc(OC)cc4)ccc32)c1-c1ccc(Cl)cc1. The molecule has 0 aliphatic rings. The summed E-state index contributed by atoms with van der Waals surface area (Å²) in [5.41, 5.74) is 4.71. The maximum absolute atomic E-state index is 13.2. The Balaban J connectivity index is 1.55. The Hall–Kier alpha value is -3.75. The molecule has 0 saturated heterocycles. The molecule has 0 bridgehead atoms. The third-order valence-corrected chi connectivity index (χ3v) is 5.99. The fourth-order valence-electron chi connectivity index (χ4n) is 4.00. The number of nitrogens with zero attached hydrogens (tertiary/aromatic N) is 5. The molecule has 172 valence electrons. The van der Waals surface area contributed by atoms with Gasteiger partial charge in [0, 0.05) is 24.9 Å². The van der Waals surface area contributed by atoms with E-state index in [9.17, 15) is 4.79 Å². The Morgan fingerprint density at radius 1 is 0.971 bits per heavy atom. The highest BCUT2D eigenvalue weighted by Gasteiger charge is 2.19. The van der Waals surface area contributed by atoms with Crippen molar-refractivity contribution in [2.45, 2.75) is 19.6 Å². The van der Waals surface area contributed by atoms with Crippen molar-refractivity contribution in [2.75, 3.05) is 14.2 Å². The molecule has 0 amide bonds. The van der Waals surface area contributed by atoms with Crippen molar-refractivity contribution in [1.29, 1.82) is 0 Å². The number of benzene rings is 2. The van der Waals surface area contributed by atoms with Gasteiger partial charge < -0.3 is 14.0 Å². The molecule has 0 unspecified atom stereocenters. The van der Waals surface area contributed by atoms with Gasteiger partial charge in [0.2, 0.25) is 0 Å². The van der Waals surface area contributed by atoms with Crippen LogP contribution in [0.1, 0.15) is 11.3 Å². The number of rotatable bonds is 7. The van der Waals surface area contributed by atoms with Crippen LogP contribution in [0, 0.1) is 0 Å². The predicted octanol–water partition coefficient (Wildman–Crippen LogP) is 4.16. The van der Waals surface area contributed by atoms with Gasteiger partial charge >= 0.3 is 0 Å². The second-order valence-electron chi connectivity index (χ2n) is 7.84. The molecule has 0 spiro atoms. The molecular weight excluding hydrogens is 454 g/mol. The van der Waals surface area contributed by atoms with Crippen molar-refractivity contribution in [2.24, 2.45) is 0 Å². The summed E-state index contributed by atoms with van der Waals surface area (Å²) in [5, 5.41) is 14.0. The normalized spacial score (nSPS) is 11.4. The van der Waals surface area contributed by atoms with E-state index in [1.54, 1.807) is 29.5 Å². The first-order valence-electron chi connectivity index (χ1n) is 10.7. The summed E-state index contributed by atoms with van der Waals surface area (Å²) in [6.45, 7) is 0.812. The summed E-state index contributed by atoms with van der Waals surface area (Å²) in [6, 6.07) is 17.1. The molecule has 9 heteroatoms. The van der Waals surface area contributed by atoms with Crippen LogP contribution in [0.4, 0.5) is 0 Å². The number of methoxy groups -OCH3 is 2. The number of aryl methyl sites for hydroxylation is 2. The van der Waals surface area contributed by atoms with E-state index >= 15 is 0 Å². The minimum absolute atomic E-state index is 0.211. The molecule has 3 heterocycles. The largest absolute Gasteiger partial charge is 0.497 e. The molecule has 34 heavy (non-hydrogen) atoms. The molecule has 5 rings (SSSR count). The first-order valence-corrected chi connectivity index (χ1v) is 11.1. The van der Waals surface area contributed by atoms with Crippen LogP contribution in [-0.4, -0.2) is 38.6 Å². The smallest absolute Gasteiger partial charge is 0.280 e. The lowest BCUT2D eigenvalue weighted by molar-refractivity contribution is 0.181. The number of pyridine rings is 1. The zero-order valence-corrected chi connectivity index (χ0v) is 19.5. The maximum atomic E-state index is 13.2. The van der Waals surface area contributed by atoms with Gasteiger partial charge in [-0.05, 0) is 47.9 Å². The first-order chi connectivity index (χ1) is 16.6. The molecule has 8 nitrogen and oxygen atoms in total. The van der Waals surface area contributed by atoms with E-state index in [1.165, 1.54) is 0 Å². The van der Waals surface area contributed by atoms with Crippen molar-refractivity contribution >= 4 is 28.3 Å². The third kappa shape index (κ3) is 4.02. The lowest BCUT2D eigenvalue weighted by Crippen LogP contribution is -2.22. The lowest BCUT2D eigenvalue weighted by Gasteiger charge is -2.08. The summed E-state index contributed by atoms with van der Waals surface area (Å²) in [5.74, 6) is 0.802. The van der Waals surface area contributed by atoms with Gasteiger partial charge in [-0.25, -0.2) is 4.52 Å². The van der Waals surface area contributed by atoms with Crippen LogP contribution in [0.5, 0.6) is 5.75 Å². The minimum Gasteiger partial charge on any atom is -0.497 e. The van der Waals surface area contributed by atoms with E-state index in [1.807, 2.05) is 54.6 Å². The van der Waals surface area contributed by atoms with Crippen molar-refractivity contribution in [3.8, 4) is 16.9 Å². The van der Waals surface area contributed by atoms with Crippen molar-refractivity contribution < 1.29 is 9.47 Å². The number of aromatic nitrogens is 5. The van der Waals surface area contributed by atoms with E-state index in [4.69, 9.17) is 26.2 Å². The van der Waals surface area contributed by atoms with E-state index in [0.29, 0.717) is 41.5 Å². The summed E-state index contributed by atoms with van der Waals surface area (Å²) >= 11 is 6.06. The zero-order valence-electron chi connectivity index (χ0n) is 18.7. The number of hydrogen-bond acceptors (Lipinski definition) is 6. The second kappa shape index (κ2) is 9.24. The van der Waals surface area contributed by atoms with Gasteiger partial charge in [0.05, 0.1) is 25.0 Å². The van der Waals surface area contributed by atoms with Crippen molar-refractivity contribution in [1.82, 2.24) is 24.4 Å². The van der Waals surface area contributed by atoms with Crippen molar-refractivity contribution in [3.63, 3.8) is 0 Å². The molecule has 0 aliphatic heterocycles. The van der Waals surface area contributed by atoms with Crippen LogP contribution in [0.25, 0.3) is 27.8 Å². The van der Waals surface area contributed by atoms with Gasteiger partial charge in [-0.1, -0.05) is 35.9 Å². The van der Waals surface area contributed by atoms with Gasteiger partial charge in [-0.3, -0.25) is 4.79 Å². The van der Waals surface area contributed by atoms with E-state index < -0.39 is 0 Å². The third-order valence-electron chi connectivity index (χ3n) is 5.74. The van der Waals surface area contributed by atoms with E-state index in [0.717, 1.165) is 22.4 Å². The fraction of sp³-hybridized carbons (Fsp3) is 0.200. The van der Waals surface area contributed by atoms with Gasteiger partial charge in [0.25, 0.3) is 5.56 Å². The molecule has 0 aliphatic carbocycles. The van der Waals surface area contributed by atoms with Crippen LogP contribution in [0.3, 0.4) is 0 Å². The predicted molar refractivity (Wildman–Crippen MR) is 130 cm³/mol. The molecular formula is C25H22ClN5O3. The monoisotopic (exact) mass is 475 g/mol. The molecule has 0 saturated carbocycles. The number of fused-ring (bicyclic) bond motifs is 3.